The zero-order valence-corrected chi connectivity index (χ0v) is 24.6. The van der Waals surface area contributed by atoms with Crippen molar-refractivity contribution in [2.75, 3.05) is 33.0 Å². The van der Waals surface area contributed by atoms with E-state index in [1.165, 1.54) is 18.2 Å². The van der Waals surface area contributed by atoms with Gasteiger partial charge in [0.25, 0.3) is 0 Å². The van der Waals surface area contributed by atoms with E-state index in [-0.39, 0.29) is 50.3 Å². The monoisotopic (exact) mass is 610 g/mol. The van der Waals surface area contributed by atoms with Crippen LogP contribution in [-0.2, 0) is 49.3 Å². The maximum Gasteiger partial charge on any atom is 0.333 e. The number of phenolic OH excluding ortho intramolecular Hbond substituents is 2. The van der Waals surface area contributed by atoms with Crippen molar-refractivity contribution in [3.8, 4) is 11.5 Å². The van der Waals surface area contributed by atoms with Gasteiger partial charge in [0.05, 0.1) is 26.2 Å². The van der Waals surface area contributed by atoms with Crippen LogP contribution in [0.4, 0.5) is 0 Å². The fourth-order valence-corrected chi connectivity index (χ4v) is 1.99. The lowest BCUT2D eigenvalue weighted by Crippen LogP contribution is -2.08. The third-order valence-corrected chi connectivity index (χ3v) is 4.15. The number of carboxylic acids is 1. The third kappa shape index (κ3) is 29.9. The van der Waals surface area contributed by atoms with E-state index in [4.69, 9.17) is 20.1 Å². The van der Waals surface area contributed by atoms with Crippen LogP contribution >= 0.6 is 0 Å². The molecule has 0 heterocycles. The van der Waals surface area contributed by atoms with Gasteiger partial charge in [0.1, 0.15) is 13.2 Å². The zero-order chi connectivity index (χ0) is 33.6. The molecule has 0 saturated carbocycles. The summed E-state index contributed by atoms with van der Waals surface area (Å²) in [5.41, 5.74) is 1.13. The number of phenols is 2. The van der Waals surface area contributed by atoms with Gasteiger partial charge < -0.3 is 39.4 Å². The summed E-state index contributed by atoms with van der Waals surface area (Å²) in [7, 11) is 0. The highest BCUT2D eigenvalue weighted by molar-refractivity contribution is 5.86. The number of ether oxygens (including phenoxy) is 4. The molecule has 0 aliphatic carbocycles. The van der Waals surface area contributed by atoms with Crippen molar-refractivity contribution in [2.45, 2.75) is 39.5 Å². The van der Waals surface area contributed by atoms with Crippen LogP contribution in [0.25, 0.3) is 0 Å². The Bertz CT molecular complexity index is 1040. The number of aromatic hydroxyl groups is 2. The number of carbonyl (C=O) groups excluding carboxylic acids is 4. The van der Waals surface area contributed by atoms with E-state index in [0.29, 0.717) is 18.6 Å². The number of hydrogen-bond donors (Lipinski definition) is 4. The van der Waals surface area contributed by atoms with Crippen LogP contribution in [0.1, 0.15) is 38.7 Å². The van der Waals surface area contributed by atoms with Crippen molar-refractivity contribution >= 4 is 29.8 Å². The molecule has 1 rings (SSSR count). The van der Waals surface area contributed by atoms with Gasteiger partial charge in [-0.05, 0) is 31.0 Å². The van der Waals surface area contributed by atoms with Crippen LogP contribution in [0, 0.1) is 0 Å². The molecule has 0 bridgehead atoms. The van der Waals surface area contributed by atoms with Crippen molar-refractivity contribution in [3.63, 3.8) is 0 Å². The number of hydrogen-bond acceptors (Lipinski definition) is 12. The molecule has 1 aromatic rings. The molecule has 0 aromatic heterocycles. The first-order valence-corrected chi connectivity index (χ1v) is 12.8. The van der Waals surface area contributed by atoms with E-state index in [9.17, 15) is 29.1 Å². The molecule has 43 heavy (non-hydrogen) atoms. The summed E-state index contributed by atoms with van der Waals surface area (Å²) in [6.07, 6.45) is 5.54. The summed E-state index contributed by atoms with van der Waals surface area (Å²) in [5.74, 6) is -3.19. The van der Waals surface area contributed by atoms with Crippen LogP contribution in [0.15, 0.2) is 68.3 Å². The summed E-state index contributed by atoms with van der Waals surface area (Å²) in [4.78, 5) is 51.6. The number of unbranched alkanes of at least 4 members (excludes halogenated alkanes) is 1. The molecule has 0 spiro atoms. The second-order valence-corrected chi connectivity index (χ2v) is 7.83. The molecular formula is C30H42O13. The predicted octanol–water partition coefficient (Wildman–Crippen LogP) is 3.17. The molecule has 1 aromatic carbocycles. The van der Waals surface area contributed by atoms with Gasteiger partial charge in [0.15, 0.2) is 11.5 Å². The van der Waals surface area contributed by atoms with Crippen molar-refractivity contribution in [3.05, 3.63) is 73.9 Å². The molecule has 0 radical (unpaired) electrons. The van der Waals surface area contributed by atoms with Gasteiger partial charge in [-0.15, -0.1) is 0 Å². The van der Waals surface area contributed by atoms with Crippen molar-refractivity contribution in [2.24, 2.45) is 0 Å². The Kier molecular flexibility index (Phi) is 28.3. The van der Waals surface area contributed by atoms with Crippen LogP contribution in [0.3, 0.4) is 0 Å². The molecule has 0 aliphatic heterocycles. The first-order valence-electron chi connectivity index (χ1n) is 12.8. The summed E-state index contributed by atoms with van der Waals surface area (Å²) in [5, 5.41) is 34.5. The summed E-state index contributed by atoms with van der Waals surface area (Å²) >= 11 is 0. The Morgan fingerprint density at radius 3 is 1.72 bits per heavy atom. The van der Waals surface area contributed by atoms with Crippen LogP contribution in [-0.4, -0.2) is 83.3 Å². The third-order valence-electron chi connectivity index (χ3n) is 4.15. The number of carbonyl (C=O) groups is 5. The van der Waals surface area contributed by atoms with Gasteiger partial charge in [-0.1, -0.05) is 45.7 Å². The quantitative estimate of drug-likeness (QED) is 0.0742. The van der Waals surface area contributed by atoms with Gasteiger partial charge in [0, 0.05) is 30.2 Å². The fraction of sp³-hybridized carbons (Fsp3) is 0.367. The van der Waals surface area contributed by atoms with Gasteiger partial charge >= 0.3 is 29.8 Å². The van der Waals surface area contributed by atoms with Gasteiger partial charge in [-0.25, -0.2) is 19.2 Å². The highest BCUT2D eigenvalue weighted by atomic mass is 16.5. The Hall–Kier alpha value is -4.91. The smallest absolute Gasteiger partial charge is 0.333 e. The Morgan fingerprint density at radius 1 is 0.791 bits per heavy atom. The maximum absolute atomic E-state index is 10.7. The standard InChI is InChI=1S/C11H12O4.C7H12O2.C6H8O4.C6H10O3/c1-2-11(14)15-6-5-8-3-4-9(12)10(13)7-8;1-3-5-6-9-7(8)4-2;1-2-6(9)10-4-3-5(7)8;1-5(2)6(8)9-4-3-7/h2-4,7,12-13H,1,5-6H2;4H,2-3,5-6H2,1H3;2H,1,3-4H2,(H,7,8);7H,1,3-4H2,2H3. The minimum atomic E-state index is -0.989. The van der Waals surface area contributed by atoms with Crippen molar-refractivity contribution < 1.29 is 63.3 Å². The second-order valence-electron chi connectivity index (χ2n) is 7.83. The Labute approximate surface area is 251 Å². The SMILES string of the molecule is C=C(C)C(=O)OCCO.C=CC(=O)OCCC(=O)O.C=CC(=O)OCCCC.C=CC(=O)OCCc1ccc(O)c(O)c1. The molecule has 0 atom stereocenters. The lowest BCUT2D eigenvalue weighted by atomic mass is 10.1. The average molecular weight is 611 g/mol. The first kappa shape index (κ1) is 42.6. The summed E-state index contributed by atoms with van der Waals surface area (Å²) in [6.45, 7) is 17.2. The average Bonchev–Trinajstić information content (AvgIpc) is 2.98. The molecule has 0 amide bonds. The number of benzene rings is 1. The normalized spacial score (nSPS) is 8.91. The van der Waals surface area contributed by atoms with E-state index >= 15 is 0 Å². The van der Waals surface area contributed by atoms with Crippen LogP contribution in [0.5, 0.6) is 11.5 Å². The Morgan fingerprint density at radius 2 is 1.30 bits per heavy atom. The largest absolute Gasteiger partial charge is 0.504 e. The van der Waals surface area contributed by atoms with E-state index in [0.717, 1.165) is 30.6 Å². The lowest BCUT2D eigenvalue weighted by Gasteiger charge is -2.03. The Balaban J connectivity index is -0.000000512. The number of rotatable bonds is 15. The van der Waals surface area contributed by atoms with Crippen molar-refractivity contribution in [1.82, 2.24) is 0 Å². The zero-order valence-electron chi connectivity index (χ0n) is 24.6. The second kappa shape index (κ2) is 28.6. The minimum Gasteiger partial charge on any atom is -0.504 e. The molecule has 0 unspecified atom stereocenters. The van der Waals surface area contributed by atoms with Crippen LogP contribution < -0.4 is 0 Å². The van der Waals surface area contributed by atoms with Gasteiger partial charge in [-0.3, -0.25) is 4.79 Å². The summed E-state index contributed by atoms with van der Waals surface area (Å²) < 4.78 is 18.3. The van der Waals surface area contributed by atoms with E-state index < -0.39 is 23.9 Å². The molecule has 0 aliphatic rings. The van der Waals surface area contributed by atoms with Gasteiger partial charge in [0.2, 0.25) is 0 Å². The number of carboxylic acid groups (broad SMARTS) is 1. The van der Waals surface area contributed by atoms with E-state index in [1.807, 2.05) is 6.92 Å². The van der Waals surface area contributed by atoms with Crippen molar-refractivity contribution in [1.29, 1.82) is 0 Å². The number of aliphatic hydroxyl groups is 1. The summed E-state index contributed by atoms with van der Waals surface area (Å²) in [6, 6.07) is 4.47. The topological polar surface area (TPSA) is 203 Å². The lowest BCUT2D eigenvalue weighted by molar-refractivity contribution is -0.143. The molecular weight excluding hydrogens is 568 g/mol. The number of esters is 4. The minimum absolute atomic E-state index is 0.0473. The highest BCUT2D eigenvalue weighted by Crippen LogP contribution is 2.24. The predicted molar refractivity (Wildman–Crippen MR) is 157 cm³/mol. The van der Waals surface area contributed by atoms with E-state index in [1.54, 1.807) is 13.0 Å². The number of aliphatic carboxylic acids is 1. The molecule has 0 saturated heterocycles. The molecule has 4 N–H and O–H groups in total. The van der Waals surface area contributed by atoms with Crippen LogP contribution in [0.2, 0.25) is 0 Å². The molecule has 13 heteroatoms. The molecule has 13 nitrogen and oxygen atoms in total. The van der Waals surface area contributed by atoms with E-state index in [2.05, 4.69) is 40.5 Å². The molecule has 240 valence electrons. The van der Waals surface area contributed by atoms with Gasteiger partial charge in [-0.2, -0.15) is 0 Å². The first-order chi connectivity index (χ1) is 20.3. The highest BCUT2D eigenvalue weighted by Gasteiger charge is 2.02. The maximum atomic E-state index is 10.7. The number of aliphatic hydroxyl groups excluding tert-OH is 1. The fourth-order valence-electron chi connectivity index (χ4n) is 1.99. The molecule has 0 fully saturated rings.